The van der Waals surface area contributed by atoms with E-state index in [0.717, 1.165) is 16.8 Å². The number of anilines is 1. The van der Waals surface area contributed by atoms with Gasteiger partial charge in [-0.25, -0.2) is 4.79 Å². The highest BCUT2D eigenvalue weighted by Crippen LogP contribution is 2.17. The number of hydrogen-bond donors (Lipinski definition) is 2. The van der Waals surface area contributed by atoms with E-state index in [1.165, 1.54) is 0 Å². The van der Waals surface area contributed by atoms with Gasteiger partial charge in [0.1, 0.15) is 0 Å². The second-order valence-corrected chi connectivity index (χ2v) is 4.75. The maximum absolute atomic E-state index is 10.9. The van der Waals surface area contributed by atoms with Crippen LogP contribution in [0.2, 0.25) is 5.02 Å². The first-order valence-corrected chi connectivity index (χ1v) is 6.26. The van der Waals surface area contributed by atoms with Crippen LogP contribution in [-0.4, -0.2) is 11.1 Å². The van der Waals surface area contributed by atoms with E-state index >= 15 is 0 Å². The van der Waals surface area contributed by atoms with Crippen molar-refractivity contribution >= 4 is 23.3 Å². The van der Waals surface area contributed by atoms with E-state index in [2.05, 4.69) is 5.32 Å². The van der Waals surface area contributed by atoms with Crippen LogP contribution in [0.5, 0.6) is 0 Å². The fourth-order valence-corrected chi connectivity index (χ4v) is 2.08. The molecule has 4 heteroatoms. The predicted molar refractivity (Wildman–Crippen MR) is 76.9 cm³/mol. The number of aromatic carboxylic acids is 1. The summed E-state index contributed by atoms with van der Waals surface area (Å²) in [6.45, 7) is 2.43. The molecule has 0 radical (unpaired) electrons. The summed E-state index contributed by atoms with van der Waals surface area (Å²) < 4.78 is 0. The minimum Gasteiger partial charge on any atom is -0.478 e. The van der Waals surface area contributed by atoms with Crippen molar-refractivity contribution in [3.05, 3.63) is 64.2 Å². The third-order valence-electron chi connectivity index (χ3n) is 2.84. The van der Waals surface area contributed by atoms with Crippen LogP contribution in [-0.2, 0) is 6.54 Å². The number of aryl methyl sites for hydroxylation is 1. The van der Waals surface area contributed by atoms with Gasteiger partial charge in [-0.15, -0.1) is 0 Å². The number of halogens is 1. The highest BCUT2D eigenvalue weighted by molar-refractivity contribution is 6.30. The van der Waals surface area contributed by atoms with Crippen molar-refractivity contribution in [3.63, 3.8) is 0 Å². The van der Waals surface area contributed by atoms with Crippen molar-refractivity contribution in [1.82, 2.24) is 0 Å². The first-order valence-electron chi connectivity index (χ1n) is 5.88. The van der Waals surface area contributed by atoms with Crippen molar-refractivity contribution in [2.45, 2.75) is 13.5 Å². The molecular formula is C15H14ClNO2. The molecule has 19 heavy (non-hydrogen) atoms. The van der Waals surface area contributed by atoms with E-state index in [4.69, 9.17) is 16.7 Å². The average Bonchev–Trinajstić information content (AvgIpc) is 2.36. The van der Waals surface area contributed by atoms with Crippen LogP contribution in [0.15, 0.2) is 42.5 Å². The second-order valence-electron chi connectivity index (χ2n) is 4.32. The Bertz CT molecular complexity index is 611. The molecule has 2 rings (SSSR count). The van der Waals surface area contributed by atoms with Crippen molar-refractivity contribution < 1.29 is 9.90 Å². The molecule has 0 atom stereocenters. The SMILES string of the molecule is Cc1cc(NCc2cccc(Cl)c2)ccc1C(=O)O. The largest absolute Gasteiger partial charge is 0.478 e. The topological polar surface area (TPSA) is 49.3 Å². The zero-order valence-corrected chi connectivity index (χ0v) is 11.2. The summed E-state index contributed by atoms with van der Waals surface area (Å²) in [7, 11) is 0. The average molecular weight is 276 g/mol. The van der Waals surface area contributed by atoms with E-state index in [1.807, 2.05) is 30.3 Å². The molecule has 0 aliphatic carbocycles. The Morgan fingerprint density at radius 2 is 2.05 bits per heavy atom. The minimum atomic E-state index is -0.904. The molecule has 98 valence electrons. The molecule has 2 aromatic rings. The summed E-state index contributed by atoms with van der Waals surface area (Å²) in [6.07, 6.45) is 0. The van der Waals surface area contributed by atoms with Gasteiger partial charge in [0.25, 0.3) is 0 Å². The lowest BCUT2D eigenvalue weighted by Crippen LogP contribution is -2.03. The van der Waals surface area contributed by atoms with E-state index in [1.54, 1.807) is 19.1 Å². The van der Waals surface area contributed by atoms with E-state index < -0.39 is 5.97 Å². The fourth-order valence-electron chi connectivity index (χ4n) is 1.86. The third kappa shape index (κ3) is 3.48. The normalized spacial score (nSPS) is 10.2. The Morgan fingerprint density at radius 3 is 2.68 bits per heavy atom. The molecule has 0 aliphatic rings. The lowest BCUT2D eigenvalue weighted by molar-refractivity contribution is 0.0696. The maximum atomic E-state index is 10.9. The number of nitrogens with one attached hydrogen (secondary N) is 1. The van der Waals surface area contributed by atoms with Crippen LogP contribution < -0.4 is 5.32 Å². The molecule has 0 spiro atoms. The van der Waals surface area contributed by atoms with Crippen LogP contribution in [0, 0.1) is 6.92 Å². The molecular weight excluding hydrogens is 262 g/mol. The Labute approximate surface area is 116 Å². The van der Waals surface area contributed by atoms with E-state index in [9.17, 15) is 4.79 Å². The standard InChI is InChI=1S/C15H14ClNO2/c1-10-7-13(5-6-14(10)15(18)19)17-9-11-3-2-4-12(16)8-11/h2-8,17H,9H2,1H3,(H,18,19). The number of benzene rings is 2. The molecule has 0 bridgehead atoms. The summed E-state index contributed by atoms with van der Waals surface area (Å²) in [4.78, 5) is 10.9. The minimum absolute atomic E-state index is 0.327. The van der Waals surface area contributed by atoms with Gasteiger partial charge in [-0.05, 0) is 48.4 Å². The van der Waals surface area contributed by atoms with Gasteiger partial charge in [0, 0.05) is 17.3 Å². The first-order chi connectivity index (χ1) is 9.06. The van der Waals surface area contributed by atoms with E-state index in [0.29, 0.717) is 17.1 Å². The highest BCUT2D eigenvalue weighted by Gasteiger charge is 2.06. The van der Waals surface area contributed by atoms with Crippen LogP contribution >= 0.6 is 11.6 Å². The summed E-state index contributed by atoms with van der Waals surface area (Å²) in [5, 5.41) is 12.9. The van der Waals surface area contributed by atoms with Crippen molar-refractivity contribution in [3.8, 4) is 0 Å². The van der Waals surface area contributed by atoms with Gasteiger partial charge in [0.2, 0.25) is 0 Å². The van der Waals surface area contributed by atoms with Crippen molar-refractivity contribution in [2.75, 3.05) is 5.32 Å². The van der Waals surface area contributed by atoms with Crippen LogP contribution in [0.1, 0.15) is 21.5 Å². The summed E-state index contributed by atoms with van der Waals surface area (Å²) in [5.74, 6) is -0.904. The van der Waals surface area contributed by atoms with Gasteiger partial charge in [0.15, 0.2) is 0 Å². The summed E-state index contributed by atoms with van der Waals surface area (Å²) >= 11 is 5.91. The number of carboxylic acid groups (broad SMARTS) is 1. The number of rotatable bonds is 4. The number of hydrogen-bond acceptors (Lipinski definition) is 2. The Balaban J connectivity index is 2.08. The molecule has 0 amide bonds. The van der Waals surface area contributed by atoms with Gasteiger partial charge in [-0.1, -0.05) is 23.7 Å². The smallest absolute Gasteiger partial charge is 0.335 e. The Morgan fingerprint density at radius 1 is 1.26 bits per heavy atom. The summed E-state index contributed by atoms with van der Waals surface area (Å²) in [6, 6.07) is 12.8. The van der Waals surface area contributed by atoms with Gasteiger partial charge in [0.05, 0.1) is 5.56 Å². The highest BCUT2D eigenvalue weighted by atomic mass is 35.5. The molecule has 0 aliphatic heterocycles. The van der Waals surface area contributed by atoms with Crippen LogP contribution in [0.4, 0.5) is 5.69 Å². The van der Waals surface area contributed by atoms with Gasteiger partial charge >= 0.3 is 5.97 Å². The monoisotopic (exact) mass is 275 g/mol. The number of carbonyl (C=O) groups is 1. The van der Waals surface area contributed by atoms with Gasteiger partial charge in [-0.2, -0.15) is 0 Å². The maximum Gasteiger partial charge on any atom is 0.335 e. The third-order valence-corrected chi connectivity index (χ3v) is 3.08. The molecule has 2 N–H and O–H groups in total. The quantitative estimate of drug-likeness (QED) is 0.888. The summed E-state index contributed by atoms with van der Waals surface area (Å²) in [5.41, 5.74) is 3.03. The van der Waals surface area contributed by atoms with Gasteiger partial charge < -0.3 is 10.4 Å². The Kier molecular flexibility index (Phi) is 4.07. The zero-order valence-electron chi connectivity index (χ0n) is 10.5. The fraction of sp³-hybridized carbons (Fsp3) is 0.133. The Hall–Kier alpha value is -2.00. The van der Waals surface area contributed by atoms with E-state index in [-0.39, 0.29) is 0 Å². The molecule has 0 saturated carbocycles. The first kappa shape index (κ1) is 13.4. The van der Waals surface area contributed by atoms with Crippen molar-refractivity contribution in [2.24, 2.45) is 0 Å². The van der Waals surface area contributed by atoms with Crippen LogP contribution in [0.3, 0.4) is 0 Å². The zero-order chi connectivity index (χ0) is 13.8. The van der Waals surface area contributed by atoms with Crippen LogP contribution in [0.25, 0.3) is 0 Å². The lowest BCUT2D eigenvalue weighted by Gasteiger charge is -2.09. The van der Waals surface area contributed by atoms with Crippen molar-refractivity contribution in [1.29, 1.82) is 0 Å². The predicted octanol–water partition coefficient (Wildman–Crippen LogP) is 3.96. The molecule has 0 heterocycles. The molecule has 0 saturated heterocycles. The second kappa shape index (κ2) is 5.76. The molecule has 0 unspecified atom stereocenters. The van der Waals surface area contributed by atoms with Gasteiger partial charge in [-0.3, -0.25) is 0 Å². The molecule has 0 fully saturated rings. The number of carboxylic acids is 1. The molecule has 2 aromatic carbocycles. The molecule has 3 nitrogen and oxygen atoms in total. The molecule has 0 aromatic heterocycles. The lowest BCUT2D eigenvalue weighted by atomic mass is 10.1.